The molecule has 0 saturated carbocycles. The van der Waals surface area contributed by atoms with Crippen LogP contribution in [0.25, 0.3) is 0 Å². The Hall–Kier alpha value is 0.610. The van der Waals surface area contributed by atoms with Crippen LogP contribution in [-0.4, -0.2) is 33.5 Å². The van der Waals surface area contributed by atoms with Gasteiger partial charge in [-0.15, -0.1) is 0 Å². The molecule has 10 heavy (non-hydrogen) atoms. The highest BCUT2D eigenvalue weighted by Crippen LogP contribution is 2.18. The molecule has 0 amide bonds. The van der Waals surface area contributed by atoms with Crippen LogP contribution in [0, 0.1) is 5.92 Å². The highest BCUT2D eigenvalue weighted by molar-refractivity contribution is 14.1. The van der Waals surface area contributed by atoms with Gasteiger partial charge >= 0.3 is 0 Å². The zero-order valence-corrected chi connectivity index (χ0v) is 8.15. The van der Waals surface area contributed by atoms with Crippen molar-refractivity contribution in [2.45, 2.75) is 19.1 Å². The number of hydrogen-bond donors (Lipinski definition) is 2. The molecule has 0 aromatic carbocycles. The van der Waals surface area contributed by atoms with Gasteiger partial charge in [0.25, 0.3) is 0 Å². The minimum absolute atomic E-state index is 0.0688. The summed E-state index contributed by atoms with van der Waals surface area (Å²) in [5.74, 6) is 0.306. The average molecular weight is 256 g/mol. The van der Waals surface area contributed by atoms with Gasteiger partial charge in [0.15, 0.2) is 0 Å². The van der Waals surface area contributed by atoms with Crippen LogP contribution < -0.4 is 5.73 Å². The third kappa shape index (κ3) is 1.81. The first kappa shape index (κ1) is 8.70. The average Bonchev–Trinajstić information content (AvgIpc) is 1.82. The van der Waals surface area contributed by atoms with Crippen LogP contribution in [0.3, 0.4) is 0 Å². The summed E-state index contributed by atoms with van der Waals surface area (Å²) in [7, 11) is 0. The Kier molecular flexibility index (Phi) is 2.91. The van der Waals surface area contributed by atoms with Crippen molar-refractivity contribution in [3.63, 3.8) is 0 Å². The lowest BCUT2D eigenvalue weighted by atomic mass is 9.95. The molecule has 0 aliphatic carbocycles. The molecule has 3 atom stereocenters. The van der Waals surface area contributed by atoms with Gasteiger partial charge < -0.3 is 10.8 Å². The second kappa shape index (κ2) is 3.34. The minimum Gasteiger partial charge on any atom is -0.391 e. The number of aliphatic hydroxyl groups excluding tert-OH is 1. The molecular weight excluding hydrogens is 243 g/mol. The van der Waals surface area contributed by atoms with E-state index in [4.69, 9.17) is 5.73 Å². The molecule has 0 radical (unpaired) electrons. The van der Waals surface area contributed by atoms with E-state index in [9.17, 15) is 5.11 Å². The summed E-state index contributed by atoms with van der Waals surface area (Å²) in [6.45, 7) is 3.76. The van der Waals surface area contributed by atoms with Gasteiger partial charge in [0.1, 0.15) is 0 Å². The van der Waals surface area contributed by atoms with E-state index < -0.39 is 0 Å². The molecule has 4 heteroatoms. The first-order valence-corrected chi connectivity index (χ1v) is 4.42. The highest BCUT2D eigenvalue weighted by atomic mass is 127. The van der Waals surface area contributed by atoms with Crippen molar-refractivity contribution in [1.82, 2.24) is 3.11 Å². The zero-order chi connectivity index (χ0) is 7.72. The third-order valence-electron chi connectivity index (χ3n) is 1.92. The summed E-state index contributed by atoms with van der Waals surface area (Å²) in [5, 5.41) is 9.41. The molecule has 1 aliphatic rings. The first-order valence-electron chi connectivity index (χ1n) is 3.45. The molecule has 0 aromatic rings. The van der Waals surface area contributed by atoms with Crippen molar-refractivity contribution in [3.8, 4) is 0 Å². The maximum atomic E-state index is 9.41. The zero-order valence-electron chi connectivity index (χ0n) is 6.00. The van der Waals surface area contributed by atoms with Crippen LogP contribution >= 0.6 is 22.9 Å². The predicted molar refractivity (Wildman–Crippen MR) is 48.7 cm³/mol. The topological polar surface area (TPSA) is 49.5 Å². The number of hydrogen-bond acceptors (Lipinski definition) is 3. The van der Waals surface area contributed by atoms with Crippen molar-refractivity contribution >= 4 is 22.9 Å². The molecule has 0 spiro atoms. The second-order valence-corrected chi connectivity index (χ2v) is 4.32. The lowest BCUT2D eigenvalue weighted by Crippen LogP contribution is -2.52. The minimum atomic E-state index is -0.314. The fraction of sp³-hybridized carbons (Fsp3) is 1.00. The molecule has 1 fully saturated rings. The lowest BCUT2D eigenvalue weighted by Gasteiger charge is -2.34. The van der Waals surface area contributed by atoms with Crippen LogP contribution in [-0.2, 0) is 0 Å². The van der Waals surface area contributed by atoms with E-state index in [0.717, 1.165) is 13.1 Å². The summed E-state index contributed by atoms with van der Waals surface area (Å²) in [5.41, 5.74) is 5.66. The second-order valence-electron chi connectivity index (χ2n) is 2.96. The van der Waals surface area contributed by atoms with Crippen LogP contribution in [0.4, 0.5) is 0 Å². The van der Waals surface area contributed by atoms with E-state index in [0.29, 0.717) is 5.92 Å². The smallest absolute Gasteiger partial charge is 0.0741 e. The van der Waals surface area contributed by atoms with Crippen molar-refractivity contribution < 1.29 is 5.11 Å². The SMILES string of the molecule is C[C@H]1CN(I)C[C@@H](N)[C@@H]1O. The van der Waals surface area contributed by atoms with Gasteiger partial charge in [0, 0.05) is 42.0 Å². The number of halogens is 1. The molecule has 1 heterocycles. The predicted octanol–water partition coefficient (Wildman–Crippen LogP) is -0.0237. The molecule has 3 nitrogen and oxygen atoms in total. The Bertz CT molecular complexity index is 110. The molecule has 60 valence electrons. The van der Waals surface area contributed by atoms with Crippen LogP contribution in [0.15, 0.2) is 0 Å². The largest absolute Gasteiger partial charge is 0.391 e. The summed E-state index contributed by atoms with van der Waals surface area (Å²) in [6.07, 6.45) is -0.314. The molecule has 1 saturated heterocycles. The third-order valence-corrected chi connectivity index (χ3v) is 2.70. The van der Waals surface area contributed by atoms with Gasteiger partial charge in [-0.1, -0.05) is 6.92 Å². The Morgan fingerprint density at radius 3 is 2.70 bits per heavy atom. The van der Waals surface area contributed by atoms with Gasteiger partial charge in [-0.3, -0.25) is 0 Å². The van der Waals surface area contributed by atoms with Gasteiger partial charge in [0.05, 0.1) is 6.10 Å². The Morgan fingerprint density at radius 1 is 1.60 bits per heavy atom. The van der Waals surface area contributed by atoms with E-state index in [1.165, 1.54) is 0 Å². The van der Waals surface area contributed by atoms with Crippen molar-refractivity contribution in [3.05, 3.63) is 0 Å². The molecule has 3 N–H and O–H groups in total. The van der Waals surface area contributed by atoms with Crippen LogP contribution in [0.1, 0.15) is 6.92 Å². The van der Waals surface area contributed by atoms with Crippen LogP contribution in [0.2, 0.25) is 0 Å². The van der Waals surface area contributed by atoms with E-state index >= 15 is 0 Å². The molecule has 0 aromatic heterocycles. The van der Waals surface area contributed by atoms with E-state index in [1.54, 1.807) is 0 Å². The molecular formula is C6H13IN2O. The number of rotatable bonds is 0. The summed E-state index contributed by atoms with van der Waals surface area (Å²) in [4.78, 5) is 0. The van der Waals surface area contributed by atoms with Crippen LogP contribution in [0.5, 0.6) is 0 Å². The Morgan fingerprint density at radius 2 is 2.20 bits per heavy atom. The van der Waals surface area contributed by atoms with Crippen molar-refractivity contribution in [2.75, 3.05) is 13.1 Å². The molecule has 1 rings (SSSR count). The Balaban J connectivity index is 2.49. The maximum absolute atomic E-state index is 9.41. The standard InChI is InChI=1S/C6H13IN2O/c1-4-2-9(7)3-5(8)6(4)10/h4-6,10H,2-3,8H2,1H3/t4-,5+,6+/m0/s1. The van der Waals surface area contributed by atoms with E-state index in [2.05, 4.69) is 26.0 Å². The van der Waals surface area contributed by atoms with E-state index in [1.807, 2.05) is 6.92 Å². The Labute approximate surface area is 75.1 Å². The fourth-order valence-electron chi connectivity index (χ4n) is 1.25. The number of nitrogens with two attached hydrogens (primary N) is 1. The van der Waals surface area contributed by atoms with E-state index in [-0.39, 0.29) is 12.1 Å². The summed E-state index contributed by atoms with van der Waals surface area (Å²) in [6, 6.07) is -0.0688. The van der Waals surface area contributed by atoms with Gasteiger partial charge in [-0.25, -0.2) is 3.11 Å². The fourth-order valence-corrected chi connectivity index (χ4v) is 2.33. The number of piperidine rings is 1. The van der Waals surface area contributed by atoms with Gasteiger partial charge in [-0.05, 0) is 5.92 Å². The van der Waals surface area contributed by atoms with Crippen molar-refractivity contribution in [1.29, 1.82) is 0 Å². The normalized spacial score (nSPS) is 43.8. The summed E-state index contributed by atoms with van der Waals surface area (Å²) >= 11 is 2.24. The molecule has 0 unspecified atom stereocenters. The highest BCUT2D eigenvalue weighted by Gasteiger charge is 2.29. The number of aliphatic hydroxyl groups is 1. The first-order chi connectivity index (χ1) is 4.61. The monoisotopic (exact) mass is 256 g/mol. The lowest BCUT2D eigenvalue weighted by molar-refractivity contribution is 0.0515. The molecule has 0 bridgehead atoms. The van der Waals surface area contributed by atoms with Gasteiger partial charge in [0.2, 0.25) is 0 Å². The maximum Gasteiger partial charge on any atom is 0.0741 e. The number of nitrogens with zero attached hydrogens (tertiary/aromatic N) is 1. The summed E-state index contributed by atoms with van der Waals surface area (Å²) < 4.78 is 2.12. The van der Waals surface area contributed by atoms with Gasteiger partial charge in [-0.2, -0.15) is 0 Å². The molecule has 1 aliphatic heterocycles. The quantitative estimate of drug-likeness (QED) is 0.473. The van der Waals surface area contributed by atoms with Crippen molar-refractivity contribution in [2.24, 2.45) is 11.7 Å².